The van der Waals surface area contributed by atoms with Gasteiger partial charge in [0.2, 0.25) is 5.91 Å². The smallest absolute Gasteiger partial charge is 0.475 e. The lowest BCUT2D eigenvalue weighted by atomic mass is 9.87. The number of hydrogen-bond acceptors (Lipinski definition) is 5. The molecule has 1 atom stereocenters. The van der Waals surface area contributed by atoms with E-state index in [1.807, 2.05) is 26.8 Å². The molecule has 30 heavy (non-hydrogen) atoms. The maximum Gasteiger partial charge on any atom is 0.490 e. The number of nitrogens with one attached hydrogen (secondary N) is 1. The number of carbonyl (C=O) groups is 2. The second-order valence-electron chi connectivity index (χ2n) is 8.15. The van der Waals surface area contributed by atoms with Crippen LogP contribution in [0.15, 0.2) is 16.5 Å². The number of rotatable bonds is 4. The van der Waals surface area contributed by atoms with E-state index in [0.29, 0.717) is 6.61 Å². The first-order valence-corrected chi connectivity index (χ1v) is 9.92. The van der Waals surface area contributed by atoms with E-state index in [2.05, 4.69) is 16.3 Å². The summed E-state index contributed by atoms with van der Waals surface area (Å²) in [6.07, 6.45) is -2.08. The van der Waals surface area contributed by atoms with Crippen LogP contribution in [-0.2, 0) is 20.9 Å². The summed E-state index contributed by atoms with van der Waals surface area (Å²) in [7, 11) is 0. The molecular formula is C20H29F3N2O5. The Morgan fingerprint density at radius 2 is 1.90 bits per heavy atom. The third kappa shape index (κ3) is 7.02. The minimum Gasteiger partial charge on any atom is -0.475 e. The maximum atomic E-state index is 11.8. The van der Waals surface area contributed by atoms with Crippen molar-refractivity contribution >= 4 is 11.9 Å². The van der Waals surface area contributed by atoms with Crippen molar-refractivity contribution in [1.29, 1.82) is 0 Å². The molecule has 2 fully saturated rings. The van der Waals surface area contributed by atoms with Crippen molar-refractivity contribution in [2.24, 2.45) is 5.92 Å². The van der Waals surface area contributed by atoms with Gasteiger partial charge in [0.25, 0.3) is 0 Å². The number of nitrogens with zero attached hydrogens (tertiary/aromatic N) is 1. The normalized spacial score (nSPS) is 21.4. The molecule has 10 heteroatoms. The van der Waals surface area contributed by atoms with E-state index in [0.717, 1.165) is 50.4 Å². The van der Waals surface area contributed by atoms with Gasteiger partial charge in [-0.15, -0.1) is 0 Å². The molecule has 7 nitrogen and oxygen atoms in total. The number of likely N-dealkylation sites (tertiary alicyclic amines) is 1. The summed E-state index contributed by atoms with van der Waals surface area (Å²) in [5.41, 5.74) is -0.0372. The van der Waals surface area contributed by atoms with Crippen LogP contribution >= 0.6 is 0 Å². The van der Waals surface area contributed by atoms with E-state index in [-0.39, 0.29) is 23.5 Å². The lowest BCUT2D eigenvalue weighted by Crippen LogP contribution is -2.45. The number of aliphatic carboxylic acids is 1. The van der Waals surface area contributed by atoms with Crippen molar-refractivity contribution in [3.8, 4) is 0 Å². The monoisotopic (exact) mass is 434 g/mol. The minimum atomic E-state index is -5.08. The molecule has 2 aliphatic heterocycles. The predicted molar refractivity (Wildman–Crippen MR) is 102 cm³/mol. The highest BCUT2D eigenvalue weighted by atomic mass is 19.4. The Labute approximate surface area is 173 Å². The summed E-state index contributed by atoms with van der Waals surface area (Å²) in [5, 5.41) is 10.2. The van der Waals surface area contributed by atoms with Gasteiger partial charge in [-0.3, -0.25) is 9.69 Å². The summed E-state index contributed by atoms with van der Waals surface area (Å²) in [6.45, 7) is 9.39. The first-order valence-electron chi connectivity index (χ1n) is 9.92. The second kappa shape index (κ2) is 9.82. The zero-order valence-electron chi connectivity index (χ0n) is 17.4. The Morgan fingerprint density at radius 1 is 1.30 bits per heavy atom. The van der Waals surface area contributed by atoms with Gasteiger partial charge in [0.05, 0.1) is 24.8 Å². The van der Waals surface area contributed by atoms with Gasteiger partial charge in [-0.2, -0.15) is 13.2 Å². The number of hydrogen-bond donors (Lipinski definition) is 2. The molecule has 2 N–H and O–H groups in total. The molecule has 0 saturated carbocycles. The van der Waals surface area contributed by atoms with E-state index in [9.17, 15) is 18.0 Å². The molecule has 0 aliphatic carbocycles. The lowest BCUT2D eigenvalue weighted by molar-refractivity contribution is -0.192. The van der Waals surface area contributed by atoms with Gasteiger partial charge in [0.15, 0.2) is 0 Å². The van der Waals surface area contributed by atoms with Gasteiger partial charge in [0, 0.05) is 19.0 Å². The summed E-state index contributed by atoms with van der Waals surface area (Å²) < 4.78 is 43.5. The highest BCUT2D eigenvalue weighted by Gasteiger charge is 2.43. The van der Waals surface area contributed by atoms with Gasteiger partial charge in [-0.1, -0.05) is 13.8 Å². The van der Waals surface area contributed by atoms with Crippen LogP contribution in [0.2, 0.25) is 0 Å². The van der Waals surface area contributed by atoms with Gasteiger partial charge in [-0.25, -0.2) is 4.79 Å². The SMILES string of the molecule is Cc1ccc(CN2CCC3(CC2)CC(NC(=O)C(C)C)CO3)o1.O=C(O)C(F)(F)F. The van der Waals surface area contributed by atoms with Gasteiger partial charge < -0.3 is 19.6 Å². The van der Waals surface area contributed by atoms with Crippen molar-refractivity contribution in [2.45, 2.75) is 64.4 Å². The number of halogens is 3. The van der Waals surface area contributed by atoms with E-state index in [4.69, 9.17) is 19.1 Å². The average molecular weight is 434 g/mol. The molecule has 3 heterocycles. The fourth-order valence-corrected chi connectivity index (χ4v) is 3.56. The predicted octanol–water partition coefficient (Wildman–Crippen LogP) is 3.12. The van der Waals surface area contributed by atoms with Crippen molar-refractivity contribution in [2.75, 3.05) is 19.7 Å². The Hall–Kier alpha value is -2.07. The number of furan rings is 1. The van der Waals surface area contributed by atoms with E-state index in [1.165, 1.54) is 0 Å². The topological polar surface area (TPSA) is 92.0 Å². The third-order valence-electron chi connectivity index (χ3n) is 5.27. The number of ether oxygens (including phenoxy) is 1. The number of carboxylic acid groups (broad SMARTS) is 1. The fraction of sp³-hybridized carbons (Fsp3) is 0.700. The maximum absolute atomic E-state index is 11.8. The first-order chi connectivity index (χ1) is 13.9. The number of alkyl halides is 3. The number of carboxylic acids is 1. The Balaban J connectivity index is 0.000000396. The highest BCUT2D eigenvalue weighted by molar-refractivity contribution is 5.78. The Kier molecular flexibility index (Phi) is 7.93. The largest absolute Gasteiger partial charge is 0.490 e. The summed E-state index contributed by atoms with van der Waals surface area (Å²) in [4.78, 5) is 23.2. The summed E-state index contributed by atoms with van der Waals surface area (Å²) in [6, 6.07) is 4.25. The molecule has 2 saturated heterocycles. The molecule has 1 aromatic heterocycles. The van der Waals surface area contributed by atoms with Crippen molar-refractivity contribution in [1.82, 2.24) is 10.2 Å². The summed E-state index contributed by atoms with van der Waals surface area (Å²) >= 11 is 0. The molecular weight excluding hydrogens is 405 g/mol. The summed E-state index contributed by atoms with van der Waals surface area (Å²) in [5.74, 6) is -0.594. The van der Waals surface area contributed by atoms with Crippen LogP contribution in [0.5, 0.6) is 0 Å². The first kappa shape index (κ1) is 24.2. The molecule has 0 radical (unpaired) electrons. The number of carbonyl (C=O) groups excluding carboxylic acids is 1. The van der Waals surface area contributed by atoms with Crippen molar-refractivity contribution in [3.63, 3.8) is 0 Å². The van der Waals surface area contributed by atoms with Crippen LogP contribution in [0.1, 0.15) is 44.6 Å². The molecule has 1 unspecified atom stereocenters. The van der Waals surface area contributed by atoms with E-state index in [1.54, 1.807) is 0 Å². The zero-order chi connectivity index (χ0) is 22.5. The minimum absolute atomic E-state index is 0.0325. The third-order valence-corrected chi connectivity index (χ3v) is 5.27. The van der Waals surface area contributed by atoms with E-state index >= 15 is 0 Å². The molecule has 0 aromatic carbocycles. The number of amides is 1. The molecule has 0 bridgehead atoms. The average Bonchev–Trinajstić information content (AvgIpc) is 3.23. The Bertz CT molecular complexity index is 724. The van der Waals surface area contributed by atoms with Gasteiger partial charge in [0.1, 0.15) is 11.5 Å². The molecule has 1 aromatic rings. The second-order valence-corrected chi connectivity index (χ2v) is 8.15. The van der Waals surface area contributed by atoms with Crippen LogP contribution in [-0.4, -0.2) is 59.4 Å². The molecule has 1 amide bonds. The quantitative estimate of drug-likeness (QED) is 0.757. The number of piperidine rings is 1. The van der Waals surface area contributed by atoms with Crippen LogP contribution in [0, 0.1) is 12.8 Å². The van der Waals surface area contributed by atoms with Gasteiger partial charge in [-0.05, 0) is 38.3 Å². The lowest BCUT2D eigenvalue weighted by Gasteiger charge is -2.38. The fourth-order valence-electron chi connectivity index (χ4n) is 3.56. The van der Waals surface area contributed by atoms with Gasteiger partial charge >= 0.3 is 12.1 Å². The molecule has 3 rings (SSSR count). The van der Waals surface area contributed by atoms with Crippen molar-refractivity contribution in [3.05, 3.63) is 23.7 Å². The van der Waals surface area contributed by atoms with Crippen LogP contribution in [0.4, 0.5) is 13.2 Å². The van der Waals surface area contributed by atoms with E-state index < -0.39 is 12.1 Å². The van der Waals surface area contributed by atoms with Crippen LogP contribution in [0.3, 0.4) is 0 Å². The highest BCUT2D eigenvalue weighted by Crippen LogP contribution is 2.36. The van der Waals surface area contributed by atoms with Crippen LogP contribution < -0.4 is 5.32 Å². The molecule has 1 spiro atoms. The van der Waals surface area contributed by atoms with Crippen molar-refractivity contribution < 1.29 is 37.0 Å². The molecule has 170 valence electrons. The Morgan fingerprint density at radius 3 is 2.37 bits per heavy atom. The zero-order valence-corrected chi connectivity index (χ0v) is 17.4. The number of aryl methyl sites for hydroxylation is 1. The molecule has 2 aliphatic rings. The van der Waals surface area contributed by atoms with Crippen LogP contribution in [0.25, 0.3) is 0 Å². The standard InChI is InChI=1S/C18H28N2O3.C2HF3O2/c1-13(2)17(21)19-15-10-18(22-12-15)6-8-20(9-7-18)11-16-5-4-14(3)23-16;3-2(4,5)1(6)7/h4-5,13,15H,6-12H2,1-3H3,(H,19,21);(H,6,7).